The van der Waals surface area contributed by atoms with Crippen LogP contribution < -0.4 is 4.74 Å². The third-order valence-corrected chi connectivity index (χ3v) is 4.18. The maximum atomic E-state index is 12.0. The molecule has 1 aromatic carbocycles. The van der Waals surface area contributed by atoms with Crippen molar-refractivity contribution in [2.45, 2.75) is 13.8 Å². The molecule has 0 atom stereocenters. The van der Waals surface area contributed by atoms with Crippen molar-refractivity contribution in [1.29, 1.82) is 0 Å². The molecule has 0 radical (unpaired) electrons. The highest BCUT2D eigenvalue weighted by Crippen LogP contribution is 2.44. The Kier molecular flexibility index (Phi) is 3.99. The van der Waals surface area contributed by atoms with E-state index in [1.54, 1.807) is 17.4 Å². The highest BCUT2D eigenvalue weighted by molar-refractivity contribution is 7.15. The molecule has 1 aromatic heterocycles. The standard InChI is InChI=1S/C15H16O4S/c1-8-7-9(2)20-14(8)12-10(15(17)19-4)5-6-11(16)13(12)18-3/h5-7,16H,1-4H3. The van der Waals surface area contributed by atoms with Crippen LogP contribution in [0.1, 0.15) is 20.8 Å². The van der Waals surface area contributed by atoms with Gasteiger partial charge in [-0.15, -0.1) is 11.3 Å². The monoisotopic (exact) mass is 292 g/mol. The summed E-state index contributed by atoms with van der Waals surface area (Å²) < 4.78 is 10.1. The van der Waals surface area contributed by atoms with Gasteiger partial charge in [-0.3, -0.25) is 0 Å². The van der Waals surface area contributed by atoms with Crippen molar-refractivity contribution >= 4 is 17.3 Å². The highest BCUT2D eigenvalue weighted by Gasteiger charge is 2.23. The smallest absolute Gasteiger partial charge is 0.338 e. The van der Waals surface area contributed by atoms with Gasteiger partial charge < -0.3 is 14.6 Å². The molecule has 2 aromatic rings. The second kappa shape index (κ2) is 5.54. The number of methoxy groups -OCH3 is 2. The lowest BCUT2D eigenvalue weighted by molar-refractivity contribution is 0.0601. The van der Waals surface area contributed by atoms with Crippen molar-refractivity contribution in [3.63, 3.8) is 0 Å². The fourth-order valence-electron chi connectivity index (χ4n) is 2.17. The van der Waals surface area contributed by atoms with E-state index >= 15 is 0 Å². The molecule has 106 valence electrons. The minimum absolute atomic E-state index is 0.000561. The molecule has 0 spiro atoms. The van der Waals surface area contributed by atoms with Crippen LogP contribution in [-0.4, -0.2) is 25.3 Å². The number of rotatable bonds is 3. The summed E-state index contributed by atoms with van der Waals surface area (Å²) in [5.41, 5.74) is 1.99. The molecule has 0 amide bonds. The number of aromatic hydroxyl groups is 1. The molecule has 0 aliphatic carbocycles. The first-order chi connectivity index (χ1) is 9.49. The van der Waals surface area contributed by atoms with Gasteiger partial charge in [0.25, 0.3) is 0 Å². The second-order valence-electron chi connectivity index (χ2n) is 4.40. The van der Waals surface area contributed by atoms with Crippen molar-refractivity contribution < 1.29 is 19.4 Å². The first-order valence-corrected chi connectivity index (χ1v) is 6.87. The number of thiophene rings is 1. The minimum Gasteiger partial charge on any atom is -0.504 e. The van der Waals surface area contributed by atoms with E-state index < -0.39 is 5.97 Å². The number of phenols is 1. The predicted molar refractivity (Wildman–Crippen MR) is 78.8 cm³/mol. The Balaban J connectivity index is 2.80. The normalized spacial score (nSPS) is 10.4. The molecule has 2 rings (SSSR count). The molecule has 0 saturated heterocycles. The number of esters is 1. The van der Waals surface area contributed by atoms with Gasteiger partial charge in [-0.2, -0.15) is 0 Å². The van der Waals surface area contributed by atoms with Crippen LogP contribution in [0.2, 0.25) is 0 Å². The summed E-state index contributed by atoms with van der Waals surface area (Å²) in [6.45, 7) is 3.96. The van der Waals surface area contributed by atoms with Crippen molar-refractivity contribution in [3.05, 3.63) is 34.2 Å². The van der Waals surface area contributed by atoms with Crippen LogP contribution in [0, 0.1) is 13.8 Å². The van der Waals surface area contributed by atoms with Crippen LogP contribution in [0.5, 0.6) is 11.5 Å². The third kappa shape index (κ3) is 2.36. The molecular formula is C15H16O4S. The minimum atomic E-state index is -0.455. The van der Waals surface area contributed by atoms with E-state index in [4.69, 9.17) is 9.47 Å². The average molecular weight is 292 g/mol. The number of hydrogen-bond donors (Lipinski definition) is 1. The summed E-state index contributed by atoms with van der Waals surface area (Å²) in [5.74, 6) is -0.165. The summed E-state index contributed by atoms with van der Waals surface area (Å²) in [7, 11) is 2.80. The molecule has 1 heterocycles. The first-order valence-electron chi connectivity index (χ1n) is 6.05. The Morgan fingerprint density at radius 3 is 2.45 bits per heavy atom. The van der Waals surface area contributed by atoms with Gasteiger partial charge in [-0.25, -0.2) is 4.79 Å². The Bertz CT molecular complexity index is 658. The van der Waals surface area contributed by atoms with Gasteiger partial charge >= 0.3 is 5.97 Å². The molecular weight excluding hydrogens is 276 g/mol. The number of aryl methyl sites for hydroxylation is 2. The quantitative estimate of drug-likeness (QED) is 0.879. The summed E-state index contributed by atoms with van der Waals surface area (Å²) in [6, 6.07) is 5.02. The molecule has 0 aliphatic heterocycles. The lowest BCUT2D eigenvalue weighted by atomic mass is 10.0. The lowest BCUT2D eigenvalue weighted by Crippen LogP contribution is -2.05. The first kappa shape index (κ1) is 14.4. The maximum Gasteiger partial charge on any atom is 0.338 e. The summed E-state index contributed by atoms with van der Waals surface area (Å²) in [4.78, 5) is 14.0. The highest BCUT2D eigenvalue weighted by atomic mass is 32.1. The SMILES string of the molecule is COC(=O)c1ccc(O)c(OC)c1-c1sc(C)cc1C. The van der Waals surface area contributed by atoms with Gasteiger partial charge in [-0.1, -0.05) is 0 Å². The molecule has 20 heavy (non-hydrogen) atoms. The van der Waals surface area contributed by atoms with E-state index in [2.05, 4.69) is 0 Å². The second-order valence-corrected chi connectivity index (χ2v) is 5.66. The zero-order valence-corrected chi connectivity index (χ0v) is 12.6. The predicted octanol–water partition coefficient (Wildman–Crippen LogP) is 3.53. The van der Waals surface area contributed by atoms with Gasteiger partial charge in [-0.05, 0) is 37.6 Å². The zero-order valence-electron chi connectivity index (χ0n) is 11.8. The van der Waals surface area contributed by atoms with E-state index in [0.717, 1.165) is 15.3 Å². The van der Waals surface area contributed by atoms with Gasteiger partial charge in [0.2, 0.25) is 0 Å². The van der Waals surface area contributed by atoms with Crippen molar-refractivity contribution in [3.8, 4) is 21.9 Å². The molecule has 0 bridgehead atoms. The Labute approximate surface area is 121 Å². The Morgan fingerprint density at radius 1 is 1.25 bits per heavy atom. The molecule has 0 saturated carbocycles. The van der Waals surface area contributed by atoms with Crippen LogP contribution in [0.15, 0.2) is 18.2 Å². The maximum absolute atomic E-state index is 12.0. The Morgan fingerprint density at radius 2 is 1.95 bits per heavy atom. The van der Waals surface area contributed by atoms with Crippen molar-refractivity contribution in [1.82, 2.24) is 0 Å². The zero-order chi connectivity index (χ0) is 14.9. The summed E-state index contributed by atoms with van der Waals surface area (Å²) >= 11 is 1.55. The summed E-state index contributed by atoms with van der Waals surface area (Å²) in [5, 5.41) is 9.96. The van der Waals surface area contributed by atoms with E-state index in [9.17, 15) is 9.90 Å². The van der Waals surface area contributed by atoms with Crippen LogP contribution in [0.3, 0.4) is 0 Å². The van der Waals surface area contributed by atoms with Crippen LogP contribution >= 0.6 is 11.3 Å². The average Bonchev–Trinajstić information content (AvgIpc) is 2.76. The molecule has 0 unspecified atom stereocenters. The van der Waals surface area contributed by atoms with Gasteiger partial charge in [0.05, 0.1) is 25.3 Å². The van der Waals surface area contributed by atoms with E-state index in [0.29, 0.717) is 11.1 Å². The van der Waals surface area contributed by atoms with Crippen molar-refractivity contribution in [2.75, 3.05) is 14.2 Å². The number of phenolic OH excluding ortho intramolecular Hbond substituents is 1. The van der Waals surface area contributed by atoms with E-state index in [1.807, 2.05) is 19.9 Å². The molecule has 4 nitrogen and oxygen atoms in total. The third-order valence-electron chi connectivity index (χ3n) is 3.01. The number of carbonyl (C=O) groups is 1. The lowest BCUT2D eigenvalue weighted by Gasteiger charge is -2.13. The number of carbonyl (C=O) groups excluding carboxylic acids is 1. The fraction of sp³-hybridized carbons (Fsp3) is 0.267. The Hall–Kier alpha value is -2.01. The largest absolute Gasteiger partial charge is 0.504 e. The van der Waals surface area contributed by atoms with Crippen LogP contribution in [0.25, 0.3) is 10.4 Å². The van der Waals surface area contributed by atoms with Gasteiger partial charge in [0, 0.05) is 9.75 Å². The molecule has 1 N–H and O–H groups in total. The number of hydrogen-bond acceptors (Lipinski definition) is 5. The molecule has 5 heteroatoms. The van der Waals surface area contributed by atoms with Gasteiger partial charge in [0.1, 0.15) is 0 Å². The van der Waals surface area contributed by atoms with E-state index in [-0.39, 0.29) is 11.5 Å². The summed E-state index contributed by atoms with van der Waals surface area (Å²) in [6.07, 6.45) is 0. The molecule has 0 fully saturated rings. The fourth-order valence-corrected chi connectivity index (χ4v) is 3.26. The van der Waals surface area contributed by atoms with Crippen molar-refractivity contribution in [2.24, 2.45) is 0 Å². The number of ether oxygens (including phenoxy) is 2. The molecule has 0 aliphatic rings. The van der Waals surface area contributed by atoms with Crippen LogP contribution in [0.4, 0.5) is 0 Å². The number of benzene rings is 1. The van der Waals surface area contributed by atoms with Crippen LogP contribution in [-0.2, 0) is 4.74 Å². The van der Waals surface area contributed by atoms with Gasteiger partial charge in [0.15, 0.2) is 11.5 Å². The topological polar surface area (TPSA) is 55.8 Å². The van der Waals surface area contributed by atoms with E-state index in [1.165, 1.54) is 20.3 Å².